The van der Waals surface area contributed by atoms with Gasteiger partial charge >= 0.3 is 0 Å². The lowest BCUT2D eigenvalue weighted by molar-refractivity contribution is -0.124. The van der Waals surface area contributed by atoms with E-state index in [1.54, 1.807) is 12.1 Å². The summed E-state index contributed by atoms with van der Waals surface area (Å²) in [6.45, 7) is 4.97. The number of anilines is 1. The van der Waals surface area contributed by atoms with Crippen LogP contribution in [-0.2, 0) is 9.53 Å². The number of amides is 1. The largest absolute Gasteiger partial charge is 0.508 e. The molecule has 0 bridgehead atoms. The van der Waals surface area contributed by atoms with Crippen LogP contribution in [-0.4, -0.2) is 36.1 Å². The number of aldehydes is 1. The molecule has 0 saturated heterocycles. The Morgan fingerprint density at radius 2 is 1.82 bits per heavy atom. The standard InChI is InChI=1S/C23H33NO4/c1-3-28-21-11-8-19(9-12-21)24(22-13-10-20(26)14-18(22)15-25)23(27)17-6-4-16(2)5-7-17/h10,13-17,19,21,26H,3-9,11-12H2,1-2H3. The first-order valence-corrected chi connectivity index (χ1v) is 10.8. The monoisotopic (exact) mass is 387 g/mol. The van der Waals surface area contributed by atoms with Gasteiger partial charge in [0.1, 0.15) is 5.75 Å². The Labute approximate surface area is 168 Å². The molecule has 28 heavy (non-hydrogen) atoms. The van der Waals surface area contributed by atoms with Crippen LogP contribution in [0.1, 0.15) is 75.6 Å². The van der Waals surface area contributed by atoms with E-state index >= 15 is 0 Å². The molecule has 2 fully saturated rings. The van der Waals surface area contributed by atoms with Crippen molar-refractivity contribution in [3.8, 4) is 5.75 Å². The maximum atomic E-state index is 13.6. The molecule has 0 unspecified atom stereocenters. The second kappa shape index (κ2) is 9.55. The molecule has 0 aromatic heterocycles. The average Bonchev–Trinajstić information content (AvgIpc) is 2.71. The lowest BCUT2D eigenvalue weighted by Gasteiger charge is -2.40. The van der Waals surface area contributed by atoms with Crippen molar-refractivity contribution < 1.29 is 19.4 Å². The van der Waals surface area contributed by atoms with Gasteiger partial charge in [0.05, 0.1) is 11.8 Å². The molecule has 0 radical (unpaired) electrons. The molecule has 3 rings (SSSR count). The molecule has 1 aromatic carbocycles. The molecular weight excluding hydrogens is 354 g/mol. The van der Waals surface area contributed by atoms with Gasteiger partial charge < -0.3 is 14.7 Å². The van der Waals surface area contributed by atoms with Crippen molar-refractivity contribution in [3.05, 3.63) is 23.8 Å². The summed E-state index contributed by atoms with van der Waals surface area (Å²) in [5, 5.41) is 9.79. The Morgan fingerprint density at radius 3 is 2.43 bits per heavy atom. The predicted octanol–water partition coefficient (Wildman–Crippen LogP) is 4.71. The number of carbonyl (C=O) groups is 2. The Bertz CT molecular complexity index is 673. The molecule has 5 heteroatoms. The zero-order valence-corrected chi connectivity index (χ0v) is 17.1. The van der Waals surface area contributed by atoms with Gasteiger partial charge in [-0.15, -0.1) is 0 Å². The number of hydrogen-bond acceptors (Lipinski definition) is 4. The van der Waals surface area contributed by atoms with Gasteiger partial charge in [-0.2, -0.15) is 0 Å². The Morgan fingerprint density at radius 1 is 1.14 bits per heavy atom. The Kier molecular flexibility index (Phi) is 7.11. The summed E-state index contributed by atoms with van der Waals surface area (Å²) < 4.78 is 5.77. The highest BCUT2D eigenvalue weighted by Gasteiger charge is 2.36. The summed E-state index contributed by atoms with van der Waals surface area (Å²) in [5.41, 5.74) is 1.01. The topological polar surface area (TPSA) is 66.8 Å². The van der Waals surface area contributed by atoms with Crippen molar-refractivity contribution in [2.24, 2.45) is 11.8 Å². The zero-order chi connectivity index (χ0) is 20.1. The molecule has 5 nitrogen and oxygen atoms in total. The van der Waals surface area contributed by atoms with Crippen LogP contribution >= 0.6 is 0 Å². The molecule has 0 atom stereocenters. The van der Waals surface area contributed by atoms with E-state index in [2.05, 4.69) is 6.92 Å². The zero-order valence-electron chi connectivity index (χ0n) is 17.1. The third-order valence-corrected chi connectivity index (χ3v) is 6.41. The summed E-state index contributed by atoms with van der Waals surface area (Å²) in [6, 6.07) is 4.82. The maximum Gasteiger partial charge on any atom is 0.230 e. The van der Waals surface area contributed by atoms with Gasteiger partial charge in [-0.05, 0) is 82.4 Å². The summed E-state index contributed by atoms with van der Waals surface area (Å²) in [4.78, 5) is 27.1. The van der Waals surface area contributed by atoms with Gasteiger partial charge in [0, 0.05) is 24.1 Å². The minimum atomic E-state index is 0.0223. The van der Waals surface area contributed by atoms with Crippen LogP contribution < -0.4 is 4.90 Å². The molecule has 0 heterocycles. The van der Waals surface area contributed by atoms with Gasteiger partial charge in [0.15, 0.2) is 6.29 Å². The van der Waals surface area contributed by atoms with Crippen molar-refractivity contribution in [2.75, 3.05) is 11.5 Å². The number of rotatable bonds is 6. The van der Waals surface area contributed by atoms with Crippen molar-refractivity contribution in [3.63, 3.8) is 0 Å². The van der Waals surface area contributed by atoms with Crippen LogP contribution in [0, 0.1) is 11.8 Å². The molecule has 0 spiro atoms. The molecular formula is C23H33NO4. The Balaban J connectivity index is 1.86. The highest BCUT2D eigenvalue weighted by molar-refractivity contribution is 6.00. The molecule has 2 saturated carbocycles. The first-order chi connectivity index (χ1) is 13.5. The van der Waals surface area contributed by atoms with E-state index in [-0.39, 0.29) is 29.7 Å². The van der Waals surface area contributed by atoms with Gasteiger partial charge in [0.2, 0.25) is 5.91 Å². The number of benzene rings is 1. The van der Waals surface area contributed by atoms with Crippen LogP contribution in [0.4, 0.5) is 5.69 Å². The van der Waals surface area contributed by atoms with Crippen LogP contribution in [0.2, 0.25) is 0 Å². The predicted molar refractivity (Wildman–Crippen MR) is 110 cm³/mol. The van der Waals surface area contributed by atoms with Crippen molar-refractivity contribution in [1.82, 2.24) is 0 Å². The summed E-state index contributed by atoms with van der Waals surface area (Å²) in [5.74, 6) is 0.887. The van der Waals surface area contributed by atoms with E-state index in [1.165, 1.54) is 6.07 Å². The fraction of sp³-hybridized carbons (Fsp3) is 0.652. The third kappa shape index (κ3) is 4.75. The van der Waals surface area contributed by atoms with Gasteiger partial charge in [-0.1, -0.05) is 6.92 Å². The van der Waals surface area contributed by atoms with E-state index in [4.69, 9.17) is 4.74 Å². The van der Waals surface area contributed by atoms with E-state index in [0.29, 0.717) is 23.8 Å². The third-order valence-electron chi connectivity index (χ3n) is 6.41. The summed E-state index contributed by atoms with van der Waals surface area (Å²) >= 11 is 0. The highest BCUT2D eigenvalue weighted by Crippen LogP contribution is 2.36. The van der Waals surface area contributed by atoms with Crippen LogP contribution in [0.3, 0.4) is 0 Å². The lowest BCUT2D eigenvalue weighted by Crippen LogP contribution is -2.47. The number of ether oxygens (including phenoxy) is 1. The minimum Gasteiger partial charge on any atom is -0.508 e. The van der Waals surface area contributed by atoms with Crippen molar-refractivity contribution in [1.29, 1.82) is 0 Å². The molecule has 1 aromatic rings. The fourth-order valence-corrected chi connectivity index (χ4v) is 4.76. The Hall–Kier alpha value is -1.88. The number of phenols is 1. The highest BCUT2D eigenvalue weighted by atomic mass is 16.5. The van der Waals surface area contributed by atoms with Crippen LogP contribution in [0.15, 0.2) is 18.2 Å². The fourth-order valence-electron chi connectivity index (χ4n) is 4.76. The number of nitrogens with zero attached hydrogens (tertiary/aromatic N) is 1. The van der Waals surface area contributed by atoms with E-state index in [0.717, 1.165) is 57.7 Å². The van der Waals surface area contributed by atoms with E-state index in [9.17, 15) is 14.7 Å². The summed E-state index contributed by atoms with van der Waals surface area (Å²) in [7, 11) is 0. The molecule has 154 valence electrons. The minimum absolute atomic E-state index is 0.0223. The SMILES string of the molecule is CCOC1CCC(N(C(=O)C2CCC(C)CC2)c2ccc(O)cc2C=O)CC1. The molecule has 1 amide bonds. The normalized spacial score (nSPS) is 27.9. The smallest absolute Gasteiger partial charge is 0.230 e. The maximum absolute atomic E-state index is 13.6. The average molecular weight is 388 g/mol. The molecule has 0 aliphatic heterocycles. The first-order valence-electron chi connectivity index (χ1n) is 10.8. The van der Waals surface area contributed by atoms with Crippen molar-refractivity contribution in [2.45, 2.75) is 77.4 Å². The number of phenolic OH excluding ortho intramolecular Hbond substituents is 1. The number of hydrogen-bond donors (Lipinski definition) is 1. The van der Waals surface area contributed by atoms with Crippen LogP contribution in [0.5, 0.6) is 5.75 Å². The van der Waals surface area contributed by atoms with Crippen molar-refractivity contribution >= 4 is 17.9 Å². The second-order valence-corrected chi connectivity index (χ2v) is 8.41. The van der Waals surface area contributed by atoms with E-state index in [1.807, 2.05) is 11.8 Å². The van der Waals surface area contributed by atoms with Gasteiger partial charge in [-0.3, -0.25) is 9.59 Å². The number of aromatic hydroxyl groups is 1. The first kappa shape index (κ1) is 20.8. The number of carbonyl (C=O) groups excluding carboxylic acids is 2. The quantitative estimate of drug-likeness (QED) is 0.718. The van der Waals surface area contributed by atoms with E-state index < -0.39 is 0 Å². The molecule has 2 aliphatic rings. The second-order valence-electron chi connectivity index (χ2n) is 8.41. The van der Waals surface area contributed by atoms with Crippen LogP contribution in [0.25, 0.3) is 0 Å². The lowest BCUT2D eigenvalue weighted by atomic mass is 9.81. The molecule has 2 aliphatic carbocycles. The van der Waals surface area contributed by atoms with Gasteiger partial charge in [0.25, 0.3) is 0 Å². The summed E-state index contributed by atoms with van der Waals surface area (Å²) in [6.07, 6.45) is 8.60. The molecule has 1 N–H and O–H groups in total. The van der Waals surface area contributed by atoms with Gasteiger partial charge in [-0.25, -0.2) is 0 Å².